The number of thioether (sulfide) groups is 1. The molecule has 0 spiro atoms. The van der Waals surface area contributed by atoms with Gasteiger partial charge in [0.25, 0.3) is 5.69 Å². The molecule has 0 saturated heterocycles. The molecule has 184 valence electrons. The number of nitro benzene ring substituents is 1. The lowest BCUT2D eigenvalue weighted by atomic mass is 10.2. The maximum absolute atomic E-state index is 13.0. The summed E-state index contributed by atoms with van der Waals surface area (Å²) in [7, 11) is 0. The molecule has 0 aliphatic rings. The molecular formula is C26H26N6O3S. The Morgan fingerprint density at radius 1 is 1.06 bits per heavy atom. The van der Waals surface area contributed by atoms with Gasteiger partial charge >= 0.3 is 0 Å². The van der Waals surface area contributed by atoms with Gasteiger partial charge in [0.05, 0.1) is 22.4 Å². The number of benzene rings is 3. The molecule has 0 fully saturated rings. The van der Waals surface area contributed by atoms with E-state index in [1.165, 1.54) is 23.9 Å². The van der Waals surface area contributed by atoms with Crippen LogP contribution < -0.4 is 10.6 Å². The zero-order valence-electron chi connectivity index (χ0n) is 20.1. The highest BCUT2D eigenvalue weighted by atomic mass is 32.2. The third-order valence-corrected chi connectivity index (χ3v) is 6.57. The molecule has 1 amide bonds. The molecule has 1 unspecified atom stereocenters. The summed E-state index contributed by atoms with van der Waals surface area (Å²) < 4.78 is 1.93. The number of nitrogens with zero attached hydrogens (tertiary/aromatic N) is 4. The van der Waals surface area contributed by atoms with E-state index in [1.54, 1.807) is 19.9 Å². The summed E-state index contributed by atoms with van der Waals surface area (Å²) in [6.07, 6.45) is 0. The minimum Gasteiger partial charge on any atom is -0.378 e. The van der Waals surface area contributed by atoms with Gasteiger partial charge < -0.3 is 10.6 Å². The van der Waals surface area contributed by atoms with Gasteiger partial charge in [-0.2, -0.15) is 0 Å². The Morgan fingerprint density at radius 3 is 2.56 bits per heavy atom. The van der Waals surface area contributed by atoms with Gasteiger partial charge in [-0.3, -0.25) is 19.5 Å². The summed E-state index contributed by atoms with van der Waals surface area (Å²) in [4.78, 5) is 23.6. The molecule has 0 radical (unpaired) electrons. The summed E-state index contributed by atoms with van der Waals surface area (Å²) in [5, 5.41) is 26.1. The van der Waals surface area contributed by atoms with Crippen LogP contribution in [0.1, 0.15) is 23.9 Å². The van der Waals surface area contributed by atoms with Crippen LogP contribution in [0.15, 0.2) is 78.0 Å². The van der Waals surface area contributed by atoms with Crippen molar-refractivity contribution in [3.63, 3.8) is 0 Å². The van der Waals surface area contributed by atoms with E-state index in [-0.39, 0.29) is 11.6 Å². The zero-order chi connectivity index (χ0) is 25.7. The molecule has 2 N–H and O–H groups in total. The SMILES string of the molecule is Cc1cccc(NCc2nnc(SC(C)C(=O)Nc3cc([N+](=O)[O-])ccc3C)n2-c2ccccc2)c1. The van der Waals surface area contributed by atoms with Gasteiger partial charge in [-0.15, -0.1) is 10.2 Å². The third-order valence-electron chi connectivity index (χ3n) is 5.52. The van der Waals surface area contributed by atoms with Crippen molar-refractivity contribution in [2.24, 2.45) is 0 Å². The van der Waals surface area contributed by atoms with Crippen molar-refractivity contribution in [3.8, 4) is 5.69 Å². The van der Waals surface area contributed by atoms with Crippen LogP contribution in [0.25, 0.3) is 5.69 Å². The maximum Gasteiger partial charge on any atom is 0.271 e. The predicted molar refractivity (Wildman–Crippen MR) is 142 cm³/mol. The largest absolute Gasteiger partial charge is 0.378 e. The molecule has 9 nitrogen and oxygen atoms in total. The number of amides is 1. The van der Waals surface area contributed by atoms with E-state index in [4.69, 9.17) is 0 Å². The fourth-order valence-corrected chi connectivity index (χ4v) is 4.45. The van der Waals surface area contributed by atoms with Gasteiger partial charge in [-0.05, 0) is 56.2 Å². The van der Waals surface area contributed by atoms with E-state index < -0.39 is 10.2 Å². The van der Waals surface area contributed by atoms with Crippen molar-refractivity contribution in [1.29, 1.82) is 0 Å². The van der Waals surface area contributed by atoms with Crippen molar-refractivity contribution in [2.45, 2.75) is 37.7 Å². The van der Waals surface area contributed by atoms with E-state index in [1.807, 2.05) is 60.0 Å². The molecule has 0 aliphatic heterocycles. The van der Waals surface area contributed by atoms with Crippen LogP contribution in [0.2, 0.25) is 0 Å². The number of nitro groups is 1. The van der Waals surface area contributed by atoms with Crippen LogP contribution in [0, 0.1) is 24.0 Å². The van der Waals surface area contributed by atoms with E-state index in [2.05, 4.69) is 26.9 Å². The van der Waals surface area contributed by atoms with Crippen molar-refractivity contribution in [2.75, 3.05) is 10.6 Å². The Kier molecular flexibility index (Phi) is 7.65. The number of aryl methyl sites for hydroxylation is 2. The minimum absolute atomic E-state index is 0.0780. The number of para-hydroxylation sites is 1. The number of hydrogen-bond donors (Lipinski definition) is 2. The molecule has 1 aromatic heterocycles. The maximum atomic E-state index is 13.0. The Balaban J connectivity index is 1.54. The second-order valence-electron chi connectivity index (χ2n) is 8.30. The minimum atomic E-state index is -0.534. The first-order valence-electron chi connectivity index (χ1n) is 11.3. The van der Waals surface area contributed by atoms with Gasteiger partial charge in [-0.25, -0.2) is 0 Å². The first kappa shape index (κ1) is 24.9. The number of hydrogen-bond acceptors (Lipinski definition) is 7. The van der Waals surface area contributed by atoms with E-state index >= 15 is 0 Å². The Bertz CT molecular complexity index is 1390. The molecule has 4 aromatic rings. The predicted octanol–water partition coefficient (Wildman–Crippen LogP) is 5.52. The Labute approximate surface area is 213 Å². The lowest BCUT2D eigenvalue weighted by molar-refractivity contribution is -0.384. The standard InChI is InChI=1S/C26H26N6O3S/c1-17-8-7-9-20(14-17)27-16-24-29-30-26(31(24)21-10-5-4-6-11-21)36-19(3)25(33)28-23-15-22(32(34)35)13-12-18(23)2/h4-15,19,27H,16H2,1-3H3,(H,28,33). The van der Waals surface area contributed by atoms with Crippen molar-refractivity contribution in [3.05, 3.63) is 99.9 Å². The molecule has 4 rings (SSSR count). The Morgan fingerprint density at radius 2 is 1.83 bits per heavy atom. The normalized spacial score (nSPS) is 11.6. The lowest BCUT2D eigenvalue weighted by Gasteiger charge is -2.15. The molecule has 10 heteroatoms. The van der Waals surface area contributed by atoms with Crippen molar-refractivity contribution in [1.82, 2.24) is 14.8 Å². The Hall–Kier alpha value is -4.18. The van der Waals surface area contributed by atoms with Gasteiger partial charge in [0.1, 0.15) is 0 Å². The van der Waals surface area contributed by atoms with Crippen LogP contribution in [0.4, 0.5) is 17.1 Å². The molecule has 0 aliphatic carbocycles. The molecule has 1 heterocycles. The van der Waals surface area contributed by atoms with E-state index in [0.717, 1.165) is 22.5 Å². The van der Waals surface area contributed by atoms with Gasteiger partial charge in [0.2, 0.25) is 5.91 Å². The van der Waals surface area contributed by atoms with Gasteiger partial charge in [-0.1, -0.05) is 48.2 Å². The smallest absolute Gasteiger partial charge is 0.271 e. The number of anilines is 2. The quantitative estimate of drug-likeness (QED) is 0.176. The van der Waals surface area contributed by atoms with Crippen molar-refractivity contribution >= 4 is 34.7 Å². The number of non-ortho nitro benzene ring substituents is 1. The summed E-state index contributed by atoms with van der Waals surface area (Å²) in [5.41, 5.74) is 4.09. The van der Waals surface area contributed by atoms with Gasteiger partial charge in [0.15, 0.2) is 11.0 Å². The third kappa shape index (κ3) is 5.89. The summed E-state index contributed by atoms with van der Waals surface area (Å²) >= 11 is 1.27. The number of aromatic nitrogens is 3. The monoisotopic (exact) mass is 502 g/mol. The highest BCUT2D eigenvalue weighted by Crippen LogP contribution is 2.28. The number of rotatable bonds is 9. The number of nitrogens with one attached hydrogen (secondary N) is 2. The zero-order valence-corrected chi connectivity index (χ0v) is 21.0. The molecule has 3 aromatic carbocycles. The van der Waals surface area contributed by atoms with Crippen LogP contribution >= 0.6 is 11.8 Å². The van der Waals surface area contributed by atoms with Crippen LogP contribution in [-0.4, -0.2) is 30.8 Å². The van der Waals surface area contributed by atoms with Crippen LogP contribution in [0.3, 0.4) is 0 Å². The highest BCUT2D eigenvalue weighted by Gasteiger charge is 2.22. The molecule has 36 heavy (non-hydrogen) atoms. The molecule has 0 bridgehead atoms. The molecular weight excluding hydrogens is 476 g/mol. The second-order valence-corrected chi connectivity index (χ2v) is 9.61. The second kappa shape index (κ2) is 11.0. The van der Waals surface area contributed by atoms with Gasteiger partial charge in [0, 0.05) is 23.5 Å². The molecule has 0 saturated carbocycles. The summed E-state index contributed by atoms with van der Waals surface area (Å²) in [6, 6.07) is 22.2. The summed E-state index contributed by atoms with van der Waals surface area (Å²) in [6.45, 7) is 6.03. The average molecular weight is 503 g/mol. The first-order chi connectivity index (χ1) is 17.3. The summed E-state index contributed by atoms with van der Waals surface area (Å²) in [5.74, 6) is 0.415. The fourth-order valence-electron chi connectivity index (χ4n) is 3.57. The van der Waals surface area contributed by atoms with E-state index in [9.17, 15) is 14.9 Å². The van der Waals surface area contributed by atoms with Crippen molar-refractivity contribution < 1.29 is 9.72 Å². The molecule has 1 atom stereocenters. The number of carbonyl (C=O) groups excluding carboxylic acids is 1. The average Bonchev–Trinajstić information content (AvgIpc) is 3.26. The number of carbonyl (C=O) groups is 1. The van der Waals surface area contributed by atoms with Crippen LogP contribution in [-0.2, 0) is 11.3 Å². The fraction of sp³-hybridized carbons (Fsp3) is 0.192. The van der Waals surface area contributed by atoms with E-state index in [0.29, 0.717) is 23.2 Å². The lowest BCUT2D eigenvalue weighted by Crippen LogP contribution is -2.23. The first-order valence-corrected chi connectivity index (χ1v) is 12.2. The highest BCUT2D eigenvalue weighted by molar-refractivity contribution is 8.00. The topological polar surface area (TPSA) is 115 Å². The van der Waals surface area contributed by atoms with Crippen LogP contribution in [0.5, 0.6) is 0 Å².